The molecule has 4 nitrogen and oxygen atoms in total. The summed E-state index contributed by atoms with van der Waals surface area (Å²) >= 11 is 0. The Kier molecular flexibility index (Phi) is 1.37. The molecule has 54 valence electrons. The summed E-state index contributed by atoms with van der Waals surface area (Å²) in [4.78, 5) is 7.90. The number of nitrogens with one attached hydrogen (secondary N) is 1. The first-order chi connectivity index (χ1) is 5.47. The fraction of sp³-hybridized carbons (Fsp3) is 0. The highest BCUT2D eigenvalue weighted by atomic mass is 15.3. The van der Waals surface area contributed by atoms with Crippen molar-refractivity contribution in [2.45, 2.75) is 0 Å². The quantitative estimate of drug-likeness (QED) is 0.591. The van der Waals surface area contributed by atoms with Gasteiger partial charge < -0.3 is 0 Å². The Morgan fingerprint density at radius 3 is 3.36 bits per heavy atom. The van der Waals surface area contributed by atoms with Crippen molar-refractivity contribution in [1.82, 2.24) is 9.97 Å². The van der Waals surface area contributed by atoms with Gasteiger partial charge in [-0.15, -0.1) is 0 Å². The van der Waals surface area contributed by atoms with Gasteiger partial charge in [-0.2, -0.15) is 5.10 Å². The van der Waals surface area contributed by atoms with Gasteiger partial charge in [-0.1, -0.05) is 0 Å². The lowest BCUT2D eigenvalue weighted by atomic mass is 10.3. The van der Waals surface area contributed by atoms with Crippen molar-refractivity contribution >= 4 is 18.0 Å². The summed E-state index contributed by atoms with van der Waals surface area (Å²) in [5.41, 5.74) is 4.50. The maximum absolute atomic E-state index is 4.04. The van der Waals surface area contributed by atoms with Crippen LogP contribution >= 0.6 is 0 Å². The number of rotatable bonds is 0. The summed E-state index contributed by atoms with van der Waals surface area (Å²) in [6, 6.07) is 0. The van der Waals surface area contributed by atoms with Crippen molar-refractivity contribution in [2.24, 2.45) is 5.10 Å². The number of hydrogen-bond acceptors (Lipinski definition) is 4. The lowest BCUT2D eigenvalue weighted by molar-refractivity contribution is 1.14. The number of hydrogen-bond donors (Lipinski definition) is 1. The van der Waals surface area contributed by atoms with Crippen LogP contribution in [-0.4, -0.2) is 16.2 Å². The highest BCUT2D eigenvalue weighted by Crippen LogP contribution is 2.12. The molecule has 2 heterocycles. The van der Waals surface area contributed by atoms with E-state index in [4.69, 9.17) is 0 Å². The van der Waals surface area contributed by atoms with Crippen molar-refractivity contribution in [3.05, 3.63) is 24.3 Å². The van der Waals surface area contributed by atoms with E-state index in [2.05, 4.69) is 20.5 Å². The zero-order valence-electron chi connectivity index (χ0n) is 5.73. The van der Waals surface area contributed by atoms with Gasteiger partial charge in [-0.05, 0) is 12.2 Å². The highest BCUT2D eigenvalue weighted by Gasteiger charge is 1.99. The van der Waals surface area contributed by atoms with Crippen LogP contribution in [0, 0.1) is 0 Å². The average Bonchev–Trinajstić information content (AvgIpc) is 2.28. The Morgan fingerprint density at radius 2 is 2.36 bits per heavy atom. The molecule has 0 radical (unpaired) electrons. The average molecular weight is 146 g/mol. The Labute approximate surface area is 63.7 Å². The van der Waals surface area contributed by atoms with E-state index in [1.165, 1.54) is 6.33 Å². The van der Waals surface area contributed by atoms with E-state index in [1.807, 2.05) is 12.2 Å². The second-order valence-corrected chi connectivity index (χ2v) is 2.07. The Morgan fingerprint density at radius 1 is 1.36 bits per heavy atom. The minimum Gasteiger partial charge on any atom is -0.275 e. The molecule has 0 spiro atoms. The molecule has 0 unspecified atom stereocenters. The molecule has 0 bridgehead atoms. The first-order valence-corrected chi connectivity index (χ1v) is 3.22. The van der Waals surface area contributed by atoms with Gasteiger partial charge in [-0.25, -0.2) is 9.97 Å². The Hall–Kier alpha value is -1.71. The van der Waals surface area contributed by atoms with Gasteiger partial charge in [0.1, 0.15) is 12.0 Å². The second-order valence-electron chi connectivity index (χ2n) is 2.07. The zero-order valence-corrected chi connectivity index (χ0v) is 5.73. The fourth-order valence-electron chi connectivity index (χ4n) is 0.842. The topological polar surface area (TPSA) is 50.2 Å². The Bertz CT molecular complexity index is 316. The molecule has 0 amide bonds. The van der Waals surface area contributed by atoms with Crippen LogP contribution in [0.2, 0.25) is 0 Å². The Balaban J connectivity index is 2.52. The van der Waals surface area contributed by atoms with Crippen LogP contribution < -0.4 is 5.43 Å². The maximum Gasteiger partial charge on any atom is 0.116 e. The van der Waals surface area contributed by atoms with Crippen LogP contribution in [0.5, 0.6) is 0 Å². The largest absolute Gasteiger partial charge is 0.275 e. The van der Waals surface area contributed by atoms with E-state index in [9.17, 15) is 0 Å². The molecule has 2 rings (SSSR count). The molecule has 0 atom stereocenters. The van der Waals surface area contributed by atoms with E-state index in [0.717, 1.165) is 11.4 Å². The minimum atomic E-state index is 0.831. The van der Waals surface area contributed by atoms with Crippen LogP contribution in [-0.2, 0) is 0 Å². The van der Waals surface area contributed by atoms with Crippen LogP contribution in [0.15, 0.2) is 23.7 Å². The van der Waals surface area contributed by atoms with E-state index < -0.39 is 0 Å². The van der Waals surface area contributed by atoms with E-state index in [1.54, 1.807) is 12.4 Å². The normalized spacial score (nSPS) is 13.5. The molecular formula is C7H6N4. The van der Waals surface area contributed by atoms with Gasteiger partial charge in [-0.3, -0.25) is 5.43 Å². The number of nitrogens with zero attached hydrogens (tertiary/aromatic N) is 3. The van der Waals surface area contributed by atoms with Gasteiger partial charge in [0.15, 0.2) is 0 Å². The van der Waals surface area contributed by atoms with Gasteiger partial charge in [0.2, 0.25) is 0 Å². The summed E-state index contributed by atoms with van der Waals surface area (Å²) in [6.45, 7) is 0. The standard InChI is InChI=1S/C7H6N4/c1-2-6-7(11-10-3-1)4-8-5-9-6/h1-5,11H. The lowest BCUT2D eigenvalue weighted by Gasteiger charge is -1.99. The molecule has 0 aromatic carbocycles. The molecule has 0 saturated carbocycles. The molecule has 4 heteroatoms. The number of anilines is 1. The third kappa shape index (κ3) is 1.10. The van der Waals surface area contributed by atoms with Crippen molar-refractivity contribution in [3.8, 4) is 0 Å². The van der Waals surface area contributed by atoms with Crippen molar-refractivity contribution in [1.29, 1.82) is 0 Å². The summed E-state index contributed by atoms with van der Waals surface area (Å²) in [6.07, 6.45) is 8.57. The molecule has 11 heavy (non-hydrogen) atoms. The van der Waals surface area contributed by atoms with Crippen molar-refractivity contribution in [3.63, 3.8) is 0 Å². The first kappa shape index (κ1) is 6.03. The van der Waals surface area contributed by atoms with Gasteiger partial charge in [0.25, 0.3) is 0 Å². The van der Waals surface area contributed by atoms with Crippen molar-refractivity contribution < 1.29 is 0 Å². The zero-order chi connectivity index (χ0) is 7.52. The van der Waals surface area contributed by atoms with Crippen LogP contribution in [0.1, 0.15) is 5.69 Å². The number of fused-ring (bicyclic) bond motifs is 1. The number of aromatic nitrogens is 2. The monoisotopic (exact) mass is 146 g/mol. The highest BCUT2D eigenvalue weighted by molar-refractivity contribution is 5.82. The molecule has 1 aliphatic heterocycles. The summed E-state index contributed by atoms with van der Waals surface area (Å²) in [7, 11) is 0. The first-order valence-electron chi connectivity index (χ1n) is 3.22. The lowest BCUT2D eigenvalue weighted by Crippen LogP contribution is -1.92. The molecule has 0 saturated heterocycles. The van der Waals surface area contributed by atoms with Crippen LogP contribution in [0.4, 0.5) is 5.69 Å². The van der Waals surface area contributed by atoms with Crippen molar-refractivity contribution in [2.75, 3.05) is 5.43 Å². The summed E-state index contributed by atoms with van der Waals surface area (Å²) < 4.78 is 0. The molecule has 1 aromatic rings. The summed E-state index contributed by atoms with van der Waals surface area (Å²) in [5.74, 6) is 0. The van der Waals surface area contributed by atoms with Gasteiger partial charge in [0.05, 0.1) is 11.9 Å². The molecule has 1 aliphatic rings. The summed E-state index contributed by atoms with van der Waals surface area (Å²) in [5, 5.41) is 3.87. The maximum atomic E-state index is 4.04. The van der Waals surface area contributed by atoms with Crippen LogP contribution in [0.25, 0.3) is 6.08 Å². The molecule has 1 N–H and O–H groups in total. The van der Waals surface area contributed by atoms with E-state index >= 15 is 0 Å². The molecule has 0 aliphatic carbocycles. The van der Waals surface area contributed by atoms with Gasteiger partial charge in [0, 0.05) is 6.21 Å². The smallest absolute Gasteiger partial charge is 0.116 e. The third-order valence-corrected chi connectivity index (χ3v) is 1.34. The predicted octanol–water partition coefficient (Wildman–Crippen LogP) is 0.901. The minimum absolute atomic E-state index is 0.831. The van der Waals surface area contributed by atoms with E-state index in [0.29, 0.717) is 0 Å². The SMILES string of the molecule is C1=Cc2ncncc2NN=C1. The fourth-order valence-corrected chi connectivity index (χ4v) is 0.842. The predicted molar refractivity (Wildman–Crippen MR) is 43.2 cm³/mol. The second kappa shape index (κ2) is 2.49. The van der Waals surface area contributed by atoms with E-state index in [-0.39, 0.29) is 0 Å². The molecule has 0 fully saturated rings. The van der Waals surface area contributed by atoms with Gasteiger partial charge >= 0.3 is 0 Å². The molecule has 1 aromatic heterocycles. The van der Waals surface area contributed by atoms with Crippen LogP contribution in [0.3, 0.4) is 0 Å². The number of hydrazone groups is 1. The molecular weight excluding hydrogens is 140 g/mol. The third-order valence-electron chi connectivity index (χ3n) is 1.34. The number of allylic oxidation sites excluding steroid dienone is 1.